The summed E-state index contributed by atoms with van der Waals surface area (Å²) in [6.07, 6.45) is 21.3. The maximum absolute atomic E-state index is 14.3. The van der Waals surface area contributed by atoms with E-state index in [1.54, 1.807) is 12.4 Å². The van der Waals surface area contributed by atoms with Crippen LogP contribution >= 0.6 is 0 Å². The minimum atomic E-state index is -0.807. The average molecular weight is 471 g/mol. The number of rotatable bonds is 20. The van der Waals surface area contributed by atoms with Crippen molar-refractivity contribution in [2.75, 3.05) is 6.61 Å². The van der Waals surface area contributed by atoms with Crippen LogP contribution in [0, 0.1) is 0 Å². The van der Waals surface area contributed by atoms with Crippen molar-refractivity contribution in [3.8, 4) is 17.1 Å². The first-order valence-corrected chi connectivity index (χ1v) is 13.9. The molecule has 2 rings (SSSR count). The van der Waals surface area contributed by atoms with E-state index in [1.807, 2.05) is 24.3 Å². The molecule has 0 radical (unpaired) electrons. The molecule has 0 N–H and O–H groups in total. The fraction of sp³-hybridized carbons (Fsp3) is 0.667. The topological polar surface area (TPSA) is 35.0 Å². The van der Waals surface area contributed by atoms with Crippen molar-refractivity contribution in [3.05, 3.63) is 42.2 Å². The first-order chi connectivity index (χ1) is 16.7. The molecule has 0 fully saturated rings. The molecule has 3 nitrogen and oxygen atoms in total. The van der Waals surface area contributed by atoms with Crippen LogP contribution in [-0.4, -0.2) is 22.7 Å². The van der Waals surface area contributed by atoms with Crippen LogP contribution in [0.5, 0.6) is 5.75 Å². The zero-order valence-corrected chi connectivity index (χ0v) is 21.7. The van der Waals surface area contributed by atoms with Gasteiger partial charge in [0.2, 0.25) is 0 Å². The maximum Gasteiger partial charge on any atom is 0.159 e. The van der Waals surface area contributed by atoms with Crippen LogP contribution in [0.25, 0.3) is 11.4 Å². The van der Waals surface area contributed by atoms with E-state index in [-0.39, 0.29) is 0 Å². The Balaban J connectivity index is 1.63. The molecule has 0 aliphatic rings. The highest BCUT2D eigenvalue weighted by molar-refractivity contribution is 5.55. The van der Waals surface area contributed by atoms with Gasteiger partial charge in [-0.3, -0.25) is 0 Å². The zero-order valence-electron chi connectivity index (χ0n) is 21.7. The Morgan fingerprint density at radius 1 is 0.706 bits per heavy atom. The number of halogens is 1. The number of nitrogens with zero attached hydrogens (tertiary/aromatic N) is 2. The van der Waals surface area contributed by atoms with Gasteiger partial charge < -0.3 is 4.74 Å². The van der Waals surface area contributed by atoms with Crippen molar-refractivity contribution in [1.82, 2.24) is 9.97 Å². The highest BCUT2D eigenvalue weighted by Gasteiger charge is 2.09. The number of hydrogen-bond donors (Lipinski definition) is 0. The smallest absolute Gasteiger partial charge is 0.159 e. The lowest BCUT2D eigenvalue weighted by molar-refractivity contribution is 0.302. The maximum atomic E-state index is 14.3. The summed E-state index contributed by atoms with van der Waals surface area (Å²) in [5.41, 5.74) is 1.82. The Morgan fingerprint density at radius 3 is 1.82 bits per heavy atom. The van der Waals surface area contributed by atoms with E-state index in [2.05, 4.69) is 23.8 Å². The van der Waals surface area contributed by atoms with Gasteiger partial charge in [0.1, 0.15) is 11.9 Å². The molecular weight excluding hydrogens is 423 g/mol. The number of hydrogen-bond acceptors (Lipinski definition) is 3. The van der Waals surface area contributed by atoms with Gasteiger partial charge >= 0.3 is 0 Å². The lowest BCUT2D eigenvalue weighted by Crippen LogP contribution is -2.06. The van der Waals surface area contributed by atoms with Crippen LogP contribution in [0.2, 0.25) is 0 Å². The molecule has 1 aromatic carbocycles. The van der Waals surface area contributed by atoms with Crippen molar-refractivity contribution in [2.24, 2.45) is 0 Å². The molecule has 190 valence electrons. The second-order valence-corrected chi connectivity index (χ2v) is 9.62. The van der Waals surface area contributed by atoms with Crippen molar-refractivity contribution < 1.29 is 9.13 Å². The molecule has 2 aromatic rings. The Hall–Kier alpha value is -1.97. The highest BCUT2D eigenvalue weighted by atomic mass is 19.1. The van der Waals surface area contributed by atoms with E-state index < -0.39 is 6.17 Å². The molecule has 4 heteroatoms. The Bertz CT molecular complexity index is 732. The highest BCUT2D eigenvalue weighted by Crippen LogP contribution is 2.20. The second-order valence-electron chi connectivity index (χ2n) is 9.62. The molecule has 34 heavy (non-hydrogen) atoms. The van der Waals surface area contributed by atoms with E-state index in [9.17, 15) is 4.39 Å². The molecule has 1 heterocycles. The summed E-state index contributed by atoms with van der Waals surface area (Å²) >= 11 is 0. The third kappa shape index (κ3) is 12.5. The van der Waals surface area contributed by atoms with Crippen LogP contribution in [0.3, 0.4) is 0 Å². The third-order valence-electron chi connectivity index (χ3n) is 6.41. The molecule has 0 saturated heterocycles. The Kier molecular flexibility index (Phi) is 15.3. The number of alkyl halides is 1. The van der Waals surface area contributed by atoms with Crippen molar-refractivity contribution in [3.63, 3.8) is 0 Å². The zero-order chi connectivity index (χ0) is 24.3. The average Bonchev–Trinajstić information content (AvgIpc) is 2.86. The molecule has 1 unspecified atom stereocenters. The predicted molar refractivity (Wildman–Crippen MR) is 142 cm³/mol. The van der Waals surface area contributed by atoms with Crippen molar-refractivity contribution in [2.45, 2.75) is 123 Å². The monoisotopic (exact) mass is 470 g/mol. The lowest BCUT2D eigenvalue weighted by Gasteiger charge is -2.09. The fourth-order valence-electron chi connectivity index (χ4n) is 4.24. The van der Waals surface area contributed by atoms with Gasteiger partial charge in [0, 0.05) is 24.4 Å². The van der Waals surface area contributed by atoms with E-state index in [1.165, 1.54) is 70.6 Å². The second kappa shape index (κ2) is 18.4. The summed E-state index contributed by atoms with van der Waals surface area (Å²) in [7, 11) is 0. The van der Waals surface area contributed by atoms with E-state index in [4.69, 9.17) is 4.74 Å². The van der Waals surface area contributed by atoms with Crippen LogP contribution in [-0.2, 0) is 6.42 Å². The lowest BCUT2D eigenvalue weighted by atomic mass is 10.0. The van der Waals surface area contributed by atoms with Crippen LogP contribution in [0.4, 0.5) is 4.39 Å². The summed E-state index contributed by atoms with van der Waals surface area (Å²) in [5, 5.41) is 0. The first-order valence-electron chi connectivity index (χ1n) is 13.9. The van der Waals surface area contributed by atoms with E-state index in [0.717, 1.165) is 42.7 Å². The van der Waals surface area contributed by atoms with Gasteiger partial charge in [0.15, 0.2) is 5.82 Å². The SMILES string of the molecule is CCCCCCCCCCOc1ccc(-c2ncc(CC(F)CCCCCCCC)cn2)cc1. The van der Waals surface area contributed by atoms with Gasteiger partial charge in [-0.05, 0) is 42.7 Å². The van der Waals surface area contributed by atoms with E-state index in [0.29, 0.717) is 18.7 Å². The van der Waals surface area contributed by atoms with Gasteiger partial charge in [-0.1, -0.05) is 97.3 Å². The van der Waals surface area contributed by atoms with Crippen molar-refractivity contribution >= 4 is 0 Å². The molecule has 1 aromatic heterocycles. The summed E-state index contributed by atoms with van der Waals surface area (Å²) in [6.45, 7) is 5.24. The molecule has 0 aliphatic carbocycles. The molecule has 0 aliphatic heterocycles. The number of unbranched alkanes of at least 4 members (excludes halogenated alkanes) is 12. The molecule has 0 amide bonds. The summed E-state index contributed by atoms with van der Waals surface area (Å²) in [4.78, 5) is 8.93. The number of benzene rings is 1. The first kappa shape index (κ1) is 28.3. The third-order valence-corrected chi connectivity index (χ3v) is 6.41. The molecule has 0 spiro atoms. The van der Waals surface area contributed by atoms with Gasteiger partial charge in [-0.25, -0.2) is 14.4 Å². The largest absolute Gasteiger partial charge is 0.494 e. The minimum absolute atomic E-state index is 0.404. The quantitative estimate of drug-likeness (QED) is 0.181. The van der Waals surface area contributed by atoms with Crippen LogP contribution < -0.4 is 4.74 Å². The fourth-order valence-corrected chi connectivity index (χ4v) is 4.24. The van der Waals surface area contributed by atoms with E-state index >= 15 is 0 Å². The molecule has 0 saturated carbocycles. The van der Waals surface area contributed by atoms with Crippen molar-refractivity contribution in [1.29, 1.82) is 0 Å². The van der Waals surface area contributed by atoms with Gasteiger partial charge in [0.05, 0.1) is 6.61 Å². The number of ether oxygens (including phenoxy) is 1. The predicted octanol–water partition coefficient (Wildman–Crippen LogP) is 9.29. The number of aromatic nitrogens is 2. The van der Waals surface area contributed by atoms with Gasteiger partial charge in [-0.2, -0.15) is 0 Å². The normalized spacial score (nSPS) is 12.1. The van der Waals surface area contributed by atoms with Crippen LogP contribution in [0.1, 0.15) is 116 Å². The standard InChI is InChI=1S/C30H47FN2O/c1-3-5-7-9-11-12-14-16-22-34-29-20-18-27(19-21-29)30-32-24-26(25-33-30)23-28(31)17-15-13-10-8-6-4-2/h18-21,24-25,28H,3-17,22-23H2,1-2H3. The molecular formula is C30H47FN2O. The summed E-state index contributed by atoms with van der Waals surface area (Å²) < 4.78 is 20.2. The van der Waals surface area contributed by atoms with Crippen LogP contribution in [0.15, 0.2) is 36.7 Å². The molecule has 1 atom stereocenters. The minimum Gasteiger partial charge on any atom is -0.494 e. The Morgan fingerprint density at radius 2 is 1.24 bits per heavy atom. The van der Waals surface area contributed by atoms with Gasteiger partial charge in [0.25, 0.3) is 0 Å². The molecule has 0 bridgehead atoms. The summed E-state index contributed by atoms with van der Waals surface area (Å²) in [5.74, 6) is 1.56. The van der Waals surface area contributed by atoms with Gasteiger partial charge in [-0.15, -0.1) is 0 Å². The summed E-state index contributed by atoms with van der Waals surface area (Å²) in [6, 6.07) is 7.95. The Labute approximate surface area is 208 Å².